The molecule has 168 valence electrons. The number of carboxylic acids is 4. The minimum absolute atomic E-state index is 0. The molecule has 0 unspecified atom stereocenters. The van der Waals surface area contributed by atoms with Gasteiger partial charge in [-0.3, -0.25) is 0 Å². The molecule has 2 rings (SSSR count). The van der Waals surface area contributed by atoms with Gasteiger partial charge in [-0.15, -0.1) is 0 Å². The largest absolute Gasteiger partial charge is 2.00 e. The monoisotopic (exact) mass is 484 g/mol. The molecular formula is C24H20Mg2O8. The molecule has 0 saturated heterocycles. The van der Waals surface area contributed by atoms with Gasteiger partial charge in [0.2, 0.25) is 0 Å². The van der Waals surface area contributed by atoms with Crippen molar-refractivity contribution in [3.63, 3.8) is 0 Å². The second kappa shape index (κ2) is 16.9. The smallest absolute Gasteiger partial charge is 0.545 e. The summed E-state index contributed by atoms with van der Waals surface area (Å²) in [5.41, 5.74) is 0.301. The summed E-state index contributed by atoms with van der Waals surface area (Å²) >= 11 is 0. The number of aliphatic carboxylic acids is 4. The maximum Gasteiger partial charge on any atom is 2.00 e. The standard InChI is InChI=1S/2C12H12O4.2Mg/c2*1-8(11(13)14)10(12(15)16)7-9-5-3-2-4-6-9;;/h2*2-6H,7H2,1H3,(H,13,14)(H,15,16);;/q;;2*+2/p-4/b2*10-8-;;. The van der Waals surface area contributed by atoms with Crippen molar-refractivity contribution in [1.82, 2.24) is 0 Å². The molecule has 34 heavy (non-hydrogen) atoms. The predicted octanol–water partition coefficient (Wildman–Crippen LogP) is -2.67. The van der Waals surface area contributed by atoms with Crippen LogP contribution < -0.4 is 20.4 Å². The van der Waals surface area contributed by atoms with E-state index in [2.05, 4.69) is 0 Å². The fraction of sp³-hybridized carbons (Fsp3) is 0.167. The Bertz CT molecular complexity index is 960. The van der Waals surface area contributed by atoms with E-state index in [0.717, 1.165) is 0 Å². The molecule has 0 aromatic heterocycles. The average molecular weight is 485 g/mol. The van der Waals surface area contributed by atoms with Gasteiger partial charge in [-0.25, -0.2) is 0 Å². The molecule has 0 heterocycles. The fourth-order valence-corrected chi connectivity index (χ4v) is 2.56. The molecule has 0 saturated carbocycles. The zero-order valence-corrected chi connectivity index (χ0v) is 21.7. The Kier molecular flexibility index (Phi) is 16.6. The first-order valence-corrected chi connectivity index (χ1v) is 9.37. The summed E-state index contributed by atoms with van der Waals surface area (Å²) in [7, 11) is 0. The molecule has 2 aromatic carbocycles. The molecule has 0 N–H and O–H groups in total. The minimum atomic E-state index is -1.49. The summed E-state index contributed by atoms with van der Waals surface area (Å²) in [4.78, 5) is 42.7. The first-order valence-electron chi connectivity index (χ1n) is 9.37. The molecule has 0 atom stereocenters. The SMILES string of the molecule is C/C(C(=O)[O-])=C(\Cc1ccccc1)C(=O)[O-].C/C(C(=O)[O-])=C(\Cc1ccccc1)C(=O)[O-].[Mg+2].[Mg+2]. The van der Waals surface area contributed by atoms with Crippen LogP contribution in [0.1, 0.15) is 25.0 Å². The van der Waals surface area contributed by atoms with Crippen molar-refractivity contribution < 1.29 is 39.6 Å². The number of carbonyl (C=O) groups is 4. The van der Waals surface area contributed by atoms with E-state index in [-0.39, 0.29) is 81.2 Å². The molecule has 0 radical (unpaired) electrons. The van der Waals surface area contributed by atoms with Crippen molar-refractivity contribution in [2.75, 3.05) is 0 Å². The molecule has 0 aliphatic rings. The molecule has 0 bridgehead atoms. The van der Waals surface area contributed by atoms with Crippen LogP contribution in [0.25, 0.3) is 0 Å². The van der Waals surface area contributed by atoms with Crippen LogP contribution in [-0.4, -0.2) is 70.0 Å². The van der Waals surface area contributed by atoms with Crippen molar-refractivity contribution in [1.29, 1.82) is 0 Å². The van der Waals surface area contributed by atoms with Crippen LogP contribution >= 0.6 is 0 Å². The van der Waals surface area contributed by atoms with E-state index in [1.165, 1.54) is 13.8 Å². The third-order valence-corrected chi connectivity index (χ3v) is 4.46. The van der Waals surface area contributed by atoms with E-state index in [0.29, 0.717) is 11.1 Å². The Hall–Kier alpha value is -2.67. The van der Waals surface area contributed by atoms with Gasteiger partial charge in [-0.05, 0) is 60.1 Å². The summed E-state index contributed by atoms with van der Waals surface area (Å²) in [5, 5.41) is 42.7. The number of rotatable bonds is 8. The average Bonchev–Trinajstić information content (AvgIpc) is 2.76. The maximum atomic E-state index is 10.8. The van der Waals surface area contributed by atoms with Crippen LogP contribution in [0.15, 0.2) is 83.0 Å². The van der Waals surface area contributed by atoms with Gasteiger partial charge in [0.1, 0.15) is 0 Å². The number of carbonyl (C=O) groups excluding carboxylic acids is 4. The zero-order chi connectivity index (χ0) is 24.3. The summed E-state index contributed by atoms with van der Waals surface area (Å²) in [6.45, 7) is 2.40. The predicted molar refractivity (Wildman–Crippen MR) is 117 cm³/mol. The molecule has 8 nitrogen and oxygen atoms in total. The molecule has 0 spiro atoms. The minimum Gasteiger partial charge on any atom is -0.545 e. The van der Waals surface area contributed by atoms with Gasteiger partial charge in [-0.1, -0.05) is 60.7 Å². The first-order chi connectivity index (χ1) is 15.0. The van der Waals surface area contributed by atoms with Crippen molar-refractivity contribution in [3.8, 4) is 0 Å². The van der Waals surface area contributed by atoms with Gasteiger partial charge in [0, 0.05) is 0 Å². The van der Waals surface area contributed by atoms with Gasteiger partial charge in [0.05, 0.1) is 23.9 Å². The van der Waals surface area contributed by atoms with E-state index in [9.17, 15) is 39.6 Å². The Morgan fingerprint density at radius 2 is 0.794 bits per heavy atom. The van der Waals surface area contributed by atoms with E-state index in [1.807, 2.05) is 0 Å². The van der Waals surface area contributed by atoms with Crippen LogP contribution in [-0.2, 0) is 32.0 Å². The third kappa shape index (κ3) is 11.5. The van der Waals surface area contributed by atoms with Gasteiger partial charge in [0.25, 0.3) is 0 Å². The van der Waals surface area contributed by atoms with Crippen LogP contribution in [0.5, 0.6) is 0 Å². The van der Waals surface area contributed by atoms with Crippen molar-refractivity contribution in [2.24, 2.45) is 0 Å². The molecule has 0 aliphatic heterocycles. The zero-order valence-electron chi connectivity index (χ0n) is 18.9. The van der Waals surface area contributed by atoms with E-state index in [1.54, 1.807) is 60.7 Å². The van der Waals surface area contributed by atoms with Crippen LogP contribution in [0.2, 0.25) is 0 Å². The summed E-state index contributed by atoms with van der Waals surface area (Å²) in [6, 6.07) is 17.4. The Morgan fingerprint density at radius 1 is 0.529 bits per heavy atom. The second-order valence-corrected chi connectivity index (χ2v) is 6.68. The Labute approximate surface area is 229 Å². The molecule has 10 heteroatoms. The fourth-order valence-electron chi connectivity index (χ4n) is 2.56. The van der Waals surface area contributed by atoms with Crippen molar-refractivity contribution in [3.05, 3.63) is 94.1 Å². The second-order valence-electron chi connectivity index (χ2n) is 6.68. The summed E-state index contributed by atoms with van der Waals surface area (Å²) < 4.78 is 0. The van der Waals surface area contributed by atoms with Crippen molar-refractivity contribution in [2.45, 2.75) is 26.7 Å². The summed E-state index contributed by atoms with van der Waals surface area (Å²) in [6.07, 6.45) is 0.0337. The molecule has 2 aromatic rings. The summed E-state index contributed by atoms with van der Waals surface area (Å²) in [5.74, 6) is -5.94. The van der Waals surface area contributed by atoms with Gasteiger partial charge >= 0.3 is 46.1 Å². The number of hydrogen-bond acceptors (Lipinski definition) is 8. The van der Waals surface area contributed by atoms with Crippen molar-refractivity contribution >= 4 is 70.0 Å². The van der Waals surface area contributed by atoms with Crippen LogP contribution in [0.3, 0.4) is 0 Å². The number of carboxylic acid groups (broad SMARTS) is 4. The van der Waals surface area contributed by atoms with Crippen LogP contribution in [0, 0.1) is 0 Å². The Morgan fingerprint density at radius 3 is 1.00 bits per heavy atom. The van der Waals surface area contributed by atoms with Gasteiger partial charge in [0.15, 0.2) is 0 Å². The number of hydrogen-bond donors (Lipinski definition) is 0. The number of benzene rings is 2. The van der Waals surface area contributed by atoms with Gasteiger partial charge < -0.3 is 39.6 Å². The molecular weight excluding hydrogens is 465 g/mol. The van der Waals surface area contributed by atoms with E-state index >= 15 is 0 Å². The molecule has 0 fully saturated rings. The topological polar surface area (TPSA) is 161 Å². The van der Waals surface area contributed by atoms with E-state index < -0.39 is 23.9 Å². The third-order valence-electron chi connectivity index (χ3n) is 4.46. The molecule has 0 amide bonds. The maximum absolute atomic E-state index is 10.8. The molecule has 0 aliphatic carbocycles. The van der Waals surface area contributed by atoms with Gasteiger partial charge in [-0.2, -0.15) is 0 Å². The first kappa shape index (κ1) is 33.5. The Balaban J connectivity index is 0. The normalized spacial score (nSPS) is 11.1. The van der Waals surface area contributed by atoms with Crippen LogP contribution in [0.4, 0.5) is 0 Å². The van der Waals surface area contributed by atoms with E-state index in [4.69, 9.17) is 0 Å². The quantitative estimate of drug-likeness (QED) is 0.289.